The van der Waals surface area contributed by atoms with E-state index in [9.17, 15) is 0 Å². The van der Waals surface area contributed by atoms with Crippen molar-refractivity contribution >= 4 is 33.2 Å². The van der Waals surface area contributed by atoms with E-state index in [1.54, 1.807) is 0 Å². The second kappa shape index (κ2) is 5.42. The molecule has 2 rings (SSSR count). The molecule has 0 N–H and O–H groups in total. The zero-order chi connectivity index (χ0) is 11.5. The fourth-order valence-electron chi connectivity index (χ4n) is 2.19. The molecule has 0 bridgehead atoms. The molecule has 1 nitrogen and oxygen atoms in total. The number of rotatable bonds is 4. The van der Waals surface area contributed by atoms with E-state index in [2.05, 4.69) is 33.9 Å². The molecular formula is C13H17BrClN. The lowest BCUT2D eigenvalue weighted by Gasteiger charge is -2.32. The molecule has 1 aromatic carbocycles. The molecule has 0 spiro atoms. The number of hydrogen-bond donors (Lipinski definition) is 0. The highest BCUT2D eigenvalue weighted by Gasteiger charge is 2.20. The van der Waals surface area contributed by atoms with E-state index in [0.29, 0.717) is 0 Å². The summed E-state index contributed by atoms with van der Waals surface area (Å²) in [6, 6.07) is 6.14. The highest BCUT2D eigenvalue weighted by atomic mass is 79.9. The van der Waals surface area contributed by atoms with E-state index in [-0.39, 0.29) is 0 Å². The van der Waals surface area contributed by atoms with Crippen LogP contribution in [0.25, 0.3) is 0 Å². The van der Waals surface area contributed by atoms with Crippen LogP contribution in [0, 0.1) is 5.92 Å². The lowest BCUT2D eigenvalue weighted by Crippen LogP contribution is -2.29. The van der Waals surface area contributed by atoms with Gasteiger partial charge in [-0.1, -0.05) is 34.0 Å². The fourth-order valence-corrected chi connectivity index (χ4v) is 2.84. The maximum Gasteiger partial charge on any atom is 0.0410 e. The van der Waals surface area contributed by atoms with Crippen LogP contribution in [0.5, 0.6) is 0 Å². The first-order valence-electron chi connectivity index (χ1n) is 5.76. The zero-order valence-electron chi connectivity index (χ0n) is 9.55. The standard InChI is InChI=1S/C13H17BrClN/c1-16(9-10-3-2-4-10)13-6-5-12(15)7-11(13)8-14/h5-7,10H,2-4,8-9H2,1H3. The summed E-state index contributed by atoms with van der Waals surface area (Å²) in [5, 5.41) is 1.67. The number of halogens is 2. The third-order valence-corrected chi connectivity index (χ3v) is 4.19. The number of alkyl halides is 1. The predicted molar refractivity (Wildman–Crippen MR) is 74.7 cm³/mol. The predicted octanol–water partition coefficient (Wildman–Crippen LogP) is 4.47. The monoisotopic (exact) mass is 301 g/mol. The molecule has 0 unspecified atom stereocenters. The van der Waals surface area contributed by atoms with Crippen molar-refractivity contribution in [2.24, 2.45) is 5.92 Å². The summed E-state index contributed by atoms with van der Waals surface area (Å²) in [7, 11) is 2.17. The van der Waals surface area contributed by atoms with Crippen LogP contribution in [0.1, 0.15) is 24.8 Å². The van der Waals surface area contributed by atoms with Gasteiger partial charge in [-0.25, -0.2) is 0 Å². The molecule has 0 aromatic heterocycles. The Morgan fingerprint density at radius 3 is 2.75 bits per heavy atom. The van der Waals surface area contributed by atoms with Crippen LogP contribution < -0.4 is 4.90 Å². The minimum atomic E-state index is 0.815. The number of anilines is 1. The Bertz CT molecular complexity index is 363. The molecule has 1 aliphatic rings. The molecule has 0 amide bonds. The van der Waals surface area contributed by atoms with Gasteiger partial charge in [-0.05, 0) is 42.5 Å². The molecule has 0 saturated heterocycles. The van der Waals surface area contributed by atoms with Crippen molar-refractivity contribution in [3.63, 3.8) is 0 Å². The van der Waals surface area contributed by atoms with Crippen LogP contribution in [0.2, 0.25) is 5.02 Å². The molecule has 3 heteroatoms. The van der Waals surface area contributed by atoms with Gasteiger partial charge in [0.05, 0.1) is 0 Å². The average Bonchev–Trinajstić information content (AvgIpc) is 2.23. The molecule has 1 fully saturated rings. The third kappa shape index (κ3) is 2.72. The van der Waals surface area contributed by atoms with Crippen LogP contribution in [-0.4, -0.2) is 13.6 Å². The smallest absolute Gasteiger partial charge is 0.0410 e. The third-order valence-electron chi connectivity index (χ3n) is 3.35. The lowest BCUT2D eigenvalue weighted by molar-refractivity contribution is 0.321. The molecular weight excluding hydrogens is 286 g/mol. The topological polar surface area (TPSA) is 3.24 Å². The molecule has 1 saturated carbocycles. The second-order valence-electron chi connectivity index (χ2n) is 4.58. The van der Waals surface area contributed by atoms with Crippen molar-refractivity contribution in [3.8, 4) is 0 Å². The van der Waals surface area contributed by atoms with Gasteiger partial charge in [0.2, 0.25) is 0 Å². The minimum Gasteiger partial charge on any atom is -0.374 e. The van der Waals surface area contributed by atoms with Crippen molar-refractivity contribution in [1.29, 1.82) is 0 Å². The first-order chi connectivity index (χ1) is 7.70. The van der Waals surface area contributed by atoms with Gasteiger partial charge >= 0.3 is 0 Å². The van der Waals surface area contributed by atoms with Gasteiger partial charge in [0.1, 0.15) is 0 Å². The fraction of sp³-hybridized carbons (Fsp3) is 0.538. The summed E-state index contributed by atoms with van der Waals surface area (Å²) in [6.07, 6.45) is 4.19. The summed E-state index contributed by atoms with van der Waals surface area (Å²) >= 11 is 9.53. The van der Waals surface area contributed by atoms with E-state index in [1.807, 2.05) is 12.1 Å². The van der Waals surface area contributed by atoms with Crippen molar-refractivity contribution in [1.82, 2.24) is 0 Å². The first-order valence-corrected chi connectivity index (χ1v) is 7.26. The Hall–Kier alpha value is -0.210. The summed E-state index contributed by atoms with van der Waals surface area (Å²) in [6.45, 7) is 1.17. The van der Waals surface area contributed by atoms with Gasteiger partial charge in [-0.3, -0.25) is 0 Å². The molecule has 1 aromatic rings. The van der Waals surface area contributed by atoms with Gasteiger partial charge in [0, 0.05) is 29.6 Å². The van der Waals surface area contributed by atoms with Crippen LogP contribution in [-0.2, 0) is 5.33 Å². The minimum absolute atomic E-state index is 0.815. The molecule has 88 valence electrons. The van der Waals surface area contributed by atoms with Gasteiger partial charge in [0.15, 0.2) is 0 Å². The summed E-state index contributed by atoms with van der Waals surface area (Å²) < 4.78 is 0. The SMILES string of the molecule is CN(CC1CCC1)c1ccc(Cl)cc1CBr. The summed E-state index contributed by atoms with van der Waals surface area (Å²) in [5.74, 6) is 0.892. The Balaban J connectivity index is 2.11. The normalized spacial score (nSPS) is 15.9. The van der Waals surface area contributed by atoms with Gasteiger partial charge in [-0.2, -0.15) is 0 Å². The molecule has 0 heterocycles. The van der Waals surface area contributed by atoms with Crippen molar-refractivity contribution in [2.75, 3.05) is 18.5 Å². The van der Waals surface area contributed by atoms with Gasteiger partial charge in [0.25, 0.3) is 0 Å². The summed E-state index contributed by atoms with van der Waals surface area (Å²) in [4.78, 5) is 2.36. The van der Waals surface area contributed by atoms with Crippen LogP contribution in [0.4, 0.5) is 5.69 Å². The quantitative estimate of drug-likeness (QED) is 0.742. The molecule has 0 aliphatic heterocycles. The Labute approximate surface area is 111 Å². The van der Waals surface area contributed by atoms with E-state index >= 15 is 0 Å². The Morgan fingerprint density at radius 1 is 1.44 bits per heavy atom. The Kier molecular flexibility index (Phi) is 4.15. The van der Waals surface area contributed by atoms with E-state index in [1.165, 1.54) is 37.1 Å². The molecule has 16 heavy (non-hydrogen) atoms. The van der Waals surface area contributed by atoms with Crippen LogP contribution >= 0.6 is 27.5 Å². The van der Waals surface area contributed by atoms with E-state index in [0.717, 1.165) is 16.3 Å². The van der Waals surface area contributed by atoms with Crippen molar-refractivity contribution in [3.05, 3.63) is 28.8 Å². The number of nitrogens with zero attached hydrogens (tertiary/aromatic N) is 1. The number of hydrogen-bond acceptors (Lipinski definition) is 1. The number of benzene rings is 1. The largest absolute Gasteiger partial charge is 0.374 e. The summed E-state index contributed by atoms with van der Waals surface area (Å²) in [5.41, 5.74) is 2.57. The van der Waals surface area contributed by atoms with E-state index < -0.39 is 0 Å². The van der Waals surface area contributed by atoms with Gasteiger partial charge < -0.3 is 4.90 Å². The molecule has 0 radical (unpaired) electrons. The second-order valence-corrected chi connectivity index (χ2v) is 5.58. The molecule has 1 aliphatic carbocycles. The average molecular weight is 303 g/mol. The van der Waals surface area contributed by atoms with Crippen molar-refractivity contribution < 1.29 is 0 Å². The maximum absolute atomic E-state index is 6.01. The van der Waals surface area contributed by atoms with Crippen molar-refractivity contribution in [2.45, 2.75) is 24.6 Å². The lowest BCUT2D eigenvalue weighted by atomic mass is 9.85. The van der Waals surface area contributed by atoms with Crippen LogP contribution in [0.15, 0.2) is 18.2 Å². The van der Waals surface area contributed by atoms with E-state index in [4.69, 9.17) is 11.6 Å². The zero-order valence-corrected chi connectivity index (χ0v) is 11.9. The first kappa shape index (κ1) is 12.3. The maximum atomic E-state index is 6.01. The van der Waals surface area contributed by atoms with Crippen LogP contribution in [0.3, 0.4) is 0 Å². The van der Waals surface area contributed by atoms with Gasteiger partial charge in [-0.15, -0.1) is 0 Å². The highest BCUT2D eigenvalue weighted by molar-refractivity contribution is 9.08. The Morgan fingerprint density at radius 2 is 2.19 bits per heavy atom. The highest BCUT2D eigenvalue weighted by Crippen LogP contribution is 2.31. The molecule has 0 atom stereocenters.